The van der Waals surface area contributed by atoms with E-state index in [1.807, 2.05) is 52.0 Å². The van der Waals surface area contributed by atoms with E-state index >= 15 is 0 Å². The summed E-state index contributed by atoms with van der Waals surface area (Å²) in [7, 11) is 0. The molecule has 0 spiro atoms. The molecule has 0 saturated carbocycles. The lowest BCUT2D eigenvalue weighted by atomic mass is 10.2. The molecule has 4 nitrogen and oxygen atoms in total. The molecule has 2 aromatic rings. The number of amides is 1. The number of carbonyl (C=O) groups excluding carboxylic acids is 1. The molecule has 158 valence electrons. The fraction of sp³-hybridized carbons (Fsp3) is 0.304. The van der Waals surface area contributed by atoms with Crippen molar-refractivity contribution in [1.29, 1.82) is 0 Å². The summed E-state index contributed by atoms with van der Waals surface area (Å²) in [5.74, 6) is 0.376. The molecule has 2 aromatic carbocycles. The van der Waals surface area contributed by atoms with Gasteiger partial charge < -0.3 is 4.74 Å². The second kappa shape index (κ2) is 9.96. The molecular weight excluding hydrogens is 514 g/mol. The Bertz CT molecular complexity index is 1000. The summed E-state index contributed by atoms with van der Waals surface area (Å²) in [5, 5.41) is 0.746. The van der Waals surface area contributed by atoms with Crippen molar-refractivity contribution in [1.82, 2.24) is 4.90 Å². The van der Waals surface area contributed by atoms with Gasteiger partial charge in [-0.1, -0.05) is 24.3 Å². The first-order valence-corrected chi connectivity index (χ1v) is 11.6. The molecule has 1 aliphatic rings. The lowest BCUT2D eigenvalue weighted by Gasteiger charge is -2.20. The van der Waals surface area contributed by atoms with Crippen molar-refractivity contribution in [3.05, 3.63) is 67.9 Å². The number of benzene rings is 2. The summed E-state index contributed by atoms with van der Waals surface area (Å²) in [6.07, 6.45) is 1.88. The summed E-state index contributed by atoms with van der Waals surface area (Å²) < 4.78 is 20.5. The Morgan fingerprint density at radius 2 is 1.93 bits per heavy atom. The minimum Gasteiger partial charge on any atom is -0.488 e. The highest BCUT2D eigenvalue weighted by Crippen LogP contribution is 2.35. The fourth-order valence-corrected chi connectivity index (χ4v) is 4.83. The van der Waals surface area contributed by atoms with Crippen LogP contribution >= 0.6 is 34.4 Å². The lowest BCUT2D eigenvalue weighted by molar-refractivity contribution is -0.123. The highest BCUT2D eigenvalue weighted by Gasteiger charge is 2.35. The smallest absolute Gasteiger partial charge is 0.266 e. The number of hydrogen-bond donors (Lipinski definition) is 0. The van der Waals surface area contributed by atoms with Gasteiger partial charge in [-0.25, -0.2) is 4.39 Å². The van der Waals surface area contributed by atoms with E-state index in [9.17, 15) is 9.18 Å². The van der Waals surface area contributed by atoms with Gasteiger partial charge in [0.1, 0.15) is 18.2 Å². The van der Waals surface area contributed by atoms with Crippen molar-refractivity contribution in [3.8, 4) is 5.75 Å². The van der Waals surface area contributed by atoms with E-state index in [1.165, 1.54) is 17.8 Å². The Labute approximate surface area is 194 Å². The molecule has 0 aromatic heterocycles. The minimum atomic E-state index is -0.279. The van der Waals surface area contributed by atoms with Gasteiger partial charge in [-0.2, -0.15) is 0 Å². The van der Waals surface area contributed by atoms with Gasteiger partial charge in [-0.15, -0.1) is 0 Å². The largest absolute Gasteiger partial charge is 0.488 e. The molecule has 7 heteroatoms. The zero-order chi connectivity index (χ0) is 21.8. The summed E-state index contributed by atoms with van der Waals surface area (Å²) in [6.45, 7) is 8.14. The molecule has 3 rings (SSSR count). The molecule has 0 unspecified atom stereocenters. The summed E-state index contributed by atoms with van der Waals surface area (Å²) >= 11 is 3.60. The molecule has 0 aliphatic carbocycles. The van der Waals surface area contributed by atoms with Gasteiger partial charge in [-0.3, -0.25) is 14.7 Å². The SMILES string of the molecule is CC(C)N=C1S/C(=C/c2ccc(OCc3ccccc3F)c(I)c2)C(=O)N1C(C)C. The number of carbonyl (C=O) groups is 1. The Kier molecular flexibility index (Phi) is 7.57. The van der Waals surface area contributed by atoms with Gasteiger partial charge in [0, 0.05) is 17.6 Å². The van der Waals surface area contributed by atoms with Crippen LogP contribution in [0.4, 0.5) is 4.39 Å². The van der Waals surface area contributed by atoms with Crippen molar-refractivity contribution < 1.29 is 13.9 Å². The van der Waals surface area contributed by atoms with Gasteiger partial charge in [0.2, 0.25) is 0 Å². The number of thioether (sulfide) groups is 1. The molecular formula is C23H24FIN2O2S. The van der Waals surface area contributed by atoms with Gasteiger partial charge in [0.25, 0.3) is 5.91 Å². The first-order chi connectivity index (χ1) is 14.3. The first-order valence-electron chi connectivity index (χ1n) is 9.73. The number of aliphatic imine (C=N–C) groups is 1. The third kappa shape index (κ3) is 5.43. The normalized spacial score (nSPS) is 17.1. The molecule has 30 heavy (non-hydrogen) atoms. The standard InChI is InChI=1S/C23H24FIN2O2S/c1-14(2)26-23-27(15(3)4)22(28)21(30-23)12-16-9-10-20(19(25)11-16)29-13-17-7-5-6-8-18(17)24/h5-12,14-15H,13H2,1-4H3/b21-12+,26-23?. The van der Waals surface area contributed by atoms with E-state index in [-0.39, 0.29) is 30.4 Å². The van der Waals surface area contributed by atoms with Gasteiger partial charge in [-0.05, 0) is 91.9 Å². The Morgan fingerprint density at radius 3 is 2.57 bits per heavy atom. The van der Waals surface area contributed by atoms with E-state index in [4.69, 9.17) is 4.74 Å². The topological polar surface area (TPSA) is 41.9 Å². The predicted octanol–water partition coefficient (Wildman–Crippen LogP) is 6.10. The second-order valence-corrected chi connectivity index (χ2v) is 9.63. The number of amidine groups is 1. The third-order valence-electron chi connectivity index (χ3n) is 4.32. The van der Waals surface area contributed by atoms with Crippen LogP contribution in [-0.4, -0.2) is 28.1 Å². The first kappa shape index (κ1) is 22.8. The zero-order valence-corrected chi connectivity index (χ0v) is 20.3. The average Bonchev–Trinajstić information content (AvgIpc) is 2.96. The molecule has 0 bridgehead atoms. The number of nitrogens with zero attached hydrogens (tertiary/aromatic N) is 2. The molecule has 1 aliphatic heterocycles. The average molecular weight is 538 g/mol. The maximum atomic E-state index is 13.8. The molecule has 1 heterocycles. The van der Waals surface area contributed by atoms with Crippen LogP contribution in [0.2, 0.25) is 0 Å². The number of rotatable bonds is 6. The minimum absolute atomic E-state index is 0.0238. The van der Waals surface area contributed by atoms with Gasteiger partial charge in [0.15, 0.2) is 5.17 Å². The van der Waals surface area contributed by atoms with E-state index in [2.05, 4.69) is 27.6 Å². The lowest BCUT2D eigenvalue weighted by Crippen LogP contribution is -2.35. The van der Waals surface area contributed by atoms with Crippen LogP contribution in [0.1, 0.15) is 38.8 Å². The molecule has 0 radical (unpaired) electrons. The van der Waals surface area contributed by atoms with E-state index in [0.717, 1.165) is 14.3 Å². The van der Waals surface area contributed by atoms with Crippen molar-refractivity contribution >= 4 is 51.5 Å². The maximum absolute atomic E-state index is 13.8. The molecule has 1 amide bonds. The summed E-state index contributed by atoms with van der Waals surface area (Å²) in [5.41, 5.74) is 1.42. The number of halogens is 2. The molecule has 1 fully saturated rings. The van der Waals surface area contributed by atoms with E-state index in [0.29, 0.717) is 16.2 Å². The van der Waals surface area contributed by atoms with Crippen LogP contribution < -0.4 is 4.74 Å². The number of hydrogen-bond acceptors (Lipinski definition) is 4. The molecule has 0 atom stereocenters. The van der Waals surface area contributed by atoms with E-state index in [1.54, 1.807) is 23.1 Å². The Morgan fingerprint density at radius 1 is 1.20 bits per heavy atom. The monoisotopic (exact) mass is 538 g/mol. The van der Waals surface area contributed by atoms with Crippen LogP contribution in [0, 0.1) is 9.39 Å². The van der Waals surface area contributed by atoms with Crippen LogP contribution in [0.3, 0.4) is 0 Å². The van der Waals surface area contributed by atoms with Gasteiger partial charge in [0.05, 0.1) is 8.48 Å². The number of ether oxygens (including phenoxy) is 1. The highest BCUT2D eigenvalue weighted by atomic mass is 127. The van der Waals surface area contributed by atoms with Crippen LogP contribution in [0.5, 0.6) is 5.75 Å². The summed E-state index contributed by atoms with van der Waals surface area (Å²) in [6, 6.07) is 12.4. The van der Waals surface area contributed by atoms with Crippen LogP contribution in [0.15, 0.2) is 52.4 Å². The molecule has 1 saturated heterocycles. The predicted molar refractivity (Wildman–Crippen MR) is 130 cm³/mol. The van der Waals surface area contributed by atoms with Crippen LogP contribution in [0.25, 0.3) is 6.08 Å². The quantitative estimate of drug-likeness (QED) is 0.330. The summed E-state index contributed by atoms with van der Waals surface area (Å²) in [4.78, 5) is 19.9. The zero-order valence-electron chi connectivity index (χ0n) is 17.4. The van der Waals surface area contributed by atoms with Gasteiger partial charge >= 0.3 is 0 Å². The van der Waals surface area contributed by atoms with Crippen molar-refractivity contribution in [2.45, 2.75) is 46.4 Å². The van der Waals surface area contributed by atoms with Crippen LogP contribution in [-0.2, 0) is 11.4 Å². The van der Waals surface area contributed by atoms with E-state index < -0.39 is 0 Å². The third-order valence-corrected chi connectivity index (χ3v) is 6.16. The van der Waals surface area contributed by atoms with Crippen molar-refractivity contribution in [3.63, 3.8) is 0 Å². The second-order valence-electron chi connectivity index (χ2n) is 7.45. The Hall–Kier alpha value is -1.87. The van der Waals surface area contributed by atoms with Crippen molar-refractivity contribution in [2.24, 2.45) is 4.99 Å². The highest BCUT2D eigenvalue weighted by molar-refractivity contribution is 14.1. The Balaban J connectivity index is 1.78. The molecule has 0 N–H and O–H groups in total. The fourth-order valence-electron chi connectivity index (χ4n) is 2.90. The maximum Gasteiger partial charge on any atom is 0.266 e. The van der Waals surface area contributed by atoms with Crippen molar-refractivity contribution in [2.75, 3.05) is 0 Å².